The second-order valence-electron chi connectivity index (χ2n) is 7.96. The van der Waals surface area contributed by atoms with Gasteiger partial charge in [0, 0.05) is 42.9 Å². The number of hydrogen-bond acceptors (Lipinski definition) is 5. The predicted octanol–water partition coefficient (Wildman–Crippen LogP) is 4.13. The number of ether oxygens (including phenoxy) is 1. The van der Waals surface area contributed by atoms with Gasteiger partial charge in [0.05, 0.1) is 17.1 Å². The Morgan fingerprint density at radius 1 is 1.17 bits per heavy atom. The van der Waals surface area contributed by atoms with E-state index in [1.54, 1.807) is 42.1 Å². The van der Waals surface area contributed by atoms with E-state index in [1.165, 1.54) is 7.11 Å². The van der Waals surface area contributed by atoms with Crippen LogP contribution in [0.15, 0.2) is 77.8 Å². The number of para-hydroxylation sites is 1. The molecule has 4 rings (SSSR count). The molecule has 0 fully saturated rings. The number of methoxy groups -OCH3 is 1. The Labute approximate surface area is 214 Å². The van der Waals surface area contributed by atoms with Gasteiger partial charge in [-0.3, -0.25) is 4.79 Å². The number of halogens is 1. The molecule has 0 saturated carbocycles. The fourth-order valence-electron chi connectivity index (χ4n) is 3.92. The third-order valence-corrected chi connectivity index (χ3v) is 6.42. The first-order valence-corrected chi connectivity index (χ1v) is 11.6. The number of aliphatic hydroxyl groups excluding tert-OH is 1. The van der Waals surface area contributed by atoms with Gasteiger partial charge >= 0.3 is 0 Å². The Kier molecular flexibility index (Phi) is 7.47. The fourth-order valence-corrected chi connectivity index (χ4v) is 4.30. The summed E-state index contributed by atoms with van der Waals surface area (Å²) in [4.78, 5) is 21.5. The molecule has 1 amide bonds. The van der Waals surface area contributed by atoms with Gasteiger partial charge in [0.25, 0.3) is 5.91 Å². The van der Waals surface area contributed by atoms with Crippen LogP contribution in [0.2, 0.25) is 5.02 Å². The van der Waals surface area contributed by atoms with E-state index in [2.05, 4.69) is 5.32 Å². The van der Waals surface area contributed by atoms with Gasteiger partial charge in [-0.05, 0) is 36.5 Å². The molecule has 2 N–H and O–H groups in total. The van der Waals surface area contributed by atoms with Crippen LogP contribution in [0.5, 0.6) is 0 Å². The van der Waals surface area contributed by atoms with Gasteiger partial charge in [0.15, 0.2) is 11.4 Å². The summed E-state index contributed by atoms with van der Waals surface area (Å²) in [6.07, 6.45) is -2.11. The molecule has 2 atom stereocenters. The first-order valence-electron chi connectivity index (χ1n) is 10.9. The van der Waals surface area contributed by atoms with E-state index in [9.17, 15) is 9.90 Å². The van der Waals surface area contributed by atoms with Crippen LogP contribution in [-0.2, 0) is 9.53 Å². The van der Waals surface area contributed by atoms with Crippen molar-refractivity contribution in [1.29, 1.82) is 0 Å². The molecule has 9 heteroatoms. The number of nitrogens with zero attached hydrogens (tertiary/aromatic N) is 3. The number of aliphatic hydroxyl groups is 1. The average Bonchev–Trinajstić information content (AvgIpc) is 2.98. The van der Waals surface area contributed by atoms with Gasteiger partial charge in [0.1, 0.15) is 0 Å². The third kappa shape index (κ3) is 5.06. The number of aliphatic imine (C=N–C) groups is 1. The molecule has 0 spiro atoms. The number of hydrogen-bond donors (Lipinski definition) is 2. The van der Waals surface area contributed by atoms with Gasteiger partial charge in [-0.15, -0.1) is 0 Å². The molecule has 1 aliphatic rings. The monoisotopic (exact) mass is 508 g/mol. The van der Waals surface area contributed by atoms with E-state index in [-0.39, 0.29) is 11.0 Å². The molecular weight excluding hydrogens is 484 g/mol. The molecule has 0 aromatic heterocycles. The maximum absolute atomic E-state index is 13.5. The summed E-state index contributed by atoms with van der Waals surface area (Å²) in [5.41, 5.74) is 4.09. The maximum atomic E-state index is 13.5. The largest absolute Gasteiger partial charge is 0.364 e. The fraction of sp³-hybridized carbons (Fsp3) is 0.192. The molecule has 35 heavy (non-hydrogen) atoms. The number of rotatable bonds is 5. The molecule has 1 heterocycles. The number of thiocarbonyl (C=S) groups is 1. The quantitative estimate of drug-likeness (QED) is 0.398. The maximum Gasteiger partial charge on any atom is 0.272 e. The minimum atomic E-state index is -1.12. The molecule has 180 valence electrons. The number of anilines is 2. The highest BCUT2D eigenvalue weighted by atomic mass is 35.5. The van der Waals surface area contributed by atoms with E-state index >= 15 is 0 Å². The van der Waals surface area contributed by atoms with Crippen LogP contribution in [0.4, 0.5) is 11.4 Å². The number of carbonyl (C=O) groups excluding carboxylic acids is 1. The molecule has 0 bridgehead atoms. The molecule has 0 radical (unpaired) electrons. The first-order chi connectivity index (χ1) is 16.8. The summed E-state index contributed by atoms with van der Waals surface area (Å²) in [6.45, 7) is 0. The van der Waals surface area contributed by atoms with Crippen molar-refractivity contribution in [3.8, 4) is 0 Å². The Morgan fingerprint density at radius 3 is 2.57 bits per heavy atom. The Morgan fingerprint density at radius 2 is 1.86 bits per heavy atom. The summed E-state index contributed by atoms with van der Waals surface area (Å²) in [5.74, 6) is -0.277. The summed E-state index contributed by atoms with van der Waals surface area (Å²) in [7, 11) is 4.86. The van der Waals surface area contributed by atoms with Crippen molar-refractivity contribution < 1.29 is 14.6 Å². The normalized spacial score (nSPS) is 16.1. The second-order valence-corrected chi connectivity index (χ2v) is 8.78. The lowest BCUT2D eigenvalue weighted by atomic mass is 10.0. The van der Waals surface area contributed by atoms with Crippen molar-refractivity contribution >= 4 is 51.9 Å². The van der Waals surface area contributed by atoms with Crippen LogP contribution in [0.3, 0.4) is 0 Å². The lowest BCUT2D eigenvalue weighted by Crippen LogP contribution is -2.50. The van der Waals surface area contributed by atoms with Crippen molar-refractivity contribution in [2.45, 2.75) is 12.5 Å². The standard InChI is InChI=1S/C26H25ClN4O3S/c1-30-21-14-13-17(27)15-19(21)22(16-9-5-4-6-10-16)28-23(24(30)32)29-26(35)31(2)20-12-8-7-11-18(20)25(33)34-3/h4-15,23,25,33H,1-3H3,(H,29,35). The van der Waals surface area contributed by atoms with Gasteiger partial charge in [-0.1, -0.05) is 60.1 Å². The van der Waals surface area contributed by atoms with Crippen molar-refractivity contribution in [2.24, 2.45) is 4.99 Å². The van der Waals surface area contributed by atoms with Gasteiger partial charge < -0.3 is 25.0 Å². The minimum Gasteiger partial charge on any atom is -0.364 e. The van der Waals surface area contributed by atoms with E-state index in [0.717, 1.165) is 11.1 Å². The lowest BCUT2D eigenvalue weighted by Gasteiger charge is -2.27. The molecule has 0 saturated heterocycles. The molecule has 3 aromatic carbocycles. The van der Waals surface area contributed by atoms with E-state index < -0.39 is 12.5 Å². The molecule has 1 aliphatic heterocycles. The molecular formula is C26H25ClN4O3S. The number of nitrogens with one attached hydrogen (secondary N) is 1. The number of fused-ring (bicyclic) bond motifs is 1. The zero-order valence-electron chi connectivity index (χ0n) is 19.5. The second kappa shape index (κ2) is 10.5. The highest BCUT2D eigenvalue weighted by molar-refractivity contribution is 7.80. The Bertz CT molecular complexity index is 1280. The highest BCUT2D eigenvalue weighted by Gasteiger charge is 2.31. The first kappa shape index (κ1) is 24.8. The number of carbonyl (C=O) groups is 1. The Balaban J connectivity index is 1.73. The van der Waals surface area contributed by atoms with E-state index in [4.69, 9.17) is 33.5 Å². The molecule has 0 aliphatic carbocycles. The Hall–Kier alpha value is -3.30. The van der Waals surface area contributed by atoms with Crippen LogP contribution in [-0.4, -0.2) is 49.2 Å². The van der Waals surface area contributed by atoms with Crippen LogP contribution in [0, 0.1) is 0 Å². The predicted molar refractivity (Wildman–Crippen MR) is 143 cm³/mol. The zero-order valence-corrected chi connectivity index (χ0v) is 21.0. The molecule has 7 nitrogen and oxygen atoms in total. The van der Waals surface area contributed by atoms with Gasteiger partial charge in [-0.25, -0.2) is 4.99 Å². The number of benzodiazepines with no additional fused rings is 1. The smallest absolute Gasteiger partial charge is 0.272 e. The highest BCUT2D eigenvalue weighted by Crippen LogP contribution is 2.30. The summed E-state index contributed by atoms with van der Waals surface area (Å²) >= 11 is 12.0. The lowest BCUT2D eigenvalue weighted by molar-refractivity contribution is -0.119. The van der Waals surface area contributed by atoms with Crippen molar-refractivity contribution in [3.63, 3.8) is 0 Å². The van der Waals surface area contributed by atoms with Crippen LogP contribution >= 0.6 is 23.8 Å². The average molecular weight is 509 g/mol. The number of amides is 1. The summed E-state index contributed by atoms with van der Waals surface area (Å²) < 4.78 is 5.08. The van der Waals surface area contributed by atoms with Gasteiger partial charge in [-0.2, -0.15) is 0 Å². The van der Waals surface area contributed by atoms with E-state index in [0.29, 0.717) is 27.7 Å². The van der Waals surface area contributed by atoms with Crippen molar-refractivity contribution in [3.05, 3.63) is 94.5 Å². The number of likely N-dealkylation sites (N-methyl/N-ethyl adjacent to an activating group) is 1. The summed E-state index contributed by atoms with van der Waals surface area (Å²) in [5, 5.41) is 14.1. The van der Waals surface area contributed by atoms with Crippen LogP contribution in [0.1, 0.15) is 23.0 Å². The van der Waals surface area contributed by atoms with E-state index in [1.807, 2.05) is 54.6 Å². The minimum absolute atomic E-state index is 0.257. The number of benzene rings is 3. The van der Waals surface area contributed by atoms with Crippen LogP contribution in [0.25, 0.3) is 0 Å². The molecule has 3 aromatic rings. The zero-order chi connectivity index (χ0) is 25.1. The third-order valence-electron chi connectivity index (χ3n) is 5.80. The van der Waals surface area contributed by atoms with Crippen molar-refractivity contribution in [1.82, 2.24) is 5.32 Å². The SMILES string of the molecule is COC(O)c1ccccc1N(C)C(=S)NC1N=C(c2ccccc2)c2cc(Cl)ccc2N(C)C1=O. The van der Waals surface area contributed by atoms with Gasteiger partial charge in [0.2, 0.25) is 6.17 Å². The van der Waals surface area contributed by atoms with Crippen LogP contribution < -0.4 is 15.1 Å². The molecule has 2 unspecified atom stereocenters. The topological polar surface area (TPSA) is 77.4 Å². The van der Waals surface area contributed by atoms with Crippen molar-refractivity contribution in [2.75, 3.05) is 31.0 Å². The summed E-state index contributed by atoms with van der Waals surface area (Å²) in [6, 6.07) is 22.2.